The molecule has 1 aromatic heterocycles. The van der Waals surface area contributed by atoms with Gasteiger partial charge < -0.3 is 10.6 Å². The van der Waals surface area contributed by atoms with Crippen molar-refractivity contribution in [3.05, 3.63) is 99.4 Å². The summed E-state index contributed by atoms with van der Waals surface area (Å²) < 4.78 is 30.0. The average Bonchev–Trinajstić information content (AvgIpc) is 3.06. The Balaban J connectivity index is 1.58. The Morgan fingerprint density at radius 2 is 1.57 bits per heavy atom. The second-order valence-electron chi connectivity index (χ2n) is 7.77. The van der Waals surface area contributed by atoms with Gasteiger partial charge in [-0.25, -0.2) is 13.1 Å². The van der Waals surface area contributed by atoms with Crippen molar-refractivity contribution >= 4 is 43.0 Å². The molecule has 0 unspecified atom stereocenters. The van der Waals surface area contributed by atoms with E-state index in [1.807, 2.05) is 18.2 Å². The fraction of sp³-hybridized carbons (Fsp3) is 0.120. The number of aromatic nitrogens is 2. The van der Waals surface area contributed by atoms with E-state index in [9.17, 15) is 18.0 Å². The Bertz CT molecular complexity index is 1550. The van der Waals surface area contributed by atoms with Crippen molar-refractivity contribution < 1.29 is 13.2 Å². The molecule has 35 heavy (non-hydrogen) atoms. The number of anilines is 2. The molecule has 3 aromatic carbocycles. The van der Waals surface area contributed by atoms with Crippen LogP contribution in [0.4, 0.5) is 11.4 Å². The molecule has 8 nitrogen and oxygen atoms in total. The number of benzene rings is 3. The van der Waals surface area contributed by atoms with E-state index in [-0.39, 0.29) is 33.3 Å². The summed E-state index contributed by atoms with van der Waals surface area (Å²) in [4.78, 5) is 26.0. The smallest absolute Gasteiger partial charge is 0.295 e. The molecule has 0 spiro atoms. The van der Waals surface area contributed by atoms with Gasteiger partial charge in [-0.3, -0.25) is 14.3 Å². The number of halogens is 1. The fourth-order valence-electron chi connectivity index (χ4n) is 3.71. The van der Waals surface area contributed by atoms with Crippen LogP contribution in [0.15, 0.2) is 97.9 Å². The van der Waals surface area contributed by atoms with Crippen LogP contribution in [-0.2, 0) is 21.7 Å². The van der Waals surface area contributed by atoms with Crippen molar-refractivity contribution in [1.29, 1.82) is 0 Å². The van der Waals surface area contributed by atoms with Crippen molar-refractivity contribution in [1.82, 2.24) is 9.36 Å². The second kappa shape index (κ2) is 9.93. The van der Waals surface area contributed by atoms with Gasteiger partial charge in [0.2, 0.25) is 15.7 Å². The molecule has 0 aliphatic carbocycles. The van der Waals surface area contributed by atoms with E-state index < -0.39 is 15.7 Å². The van der Waals surface area contributed by atoms with Crippen LogP contribution in [0, 0.1) is 6.92 Å². The molecule has 0 atom stereocenters. The van der Waals surface area contributed by atoms with Crippen LogP contribution in [0.2, 0.25) is 0 Å². The number of sulfone groups is 1. The molecule has 0 bridgehead atoms. The number of rotatable bonds is 7. The van der Waals surface area contributed by atoms with Crippen LogP contribution in [0.3, 0.4) is 0 Å². The predicted octanol–water partition coefficient (Wildman–Crippen LogP) is 4.13. The van der Waals surface area contributed by atoms with Gasteiger partial charge in [-0.1, -0.05) is 42.5 Å². The Hall–Kier alpha value is -3.63. The summed E-state index contributed by atoms with van der Waals surface area (Å²) in [7, 11) is -2.12. The number of carbonyl (C=O) groups excluding carboxylic acids is 1. The van der Waals surface area contributed by atoms with Gasteiger partial charge in [-0.15, -0.1) is 0 Å². The van der Waals surface area contributed by atoms with Crippen LogP contribution < -0.4 is 16.2 Å². The van der Waals surface area contributed by atoms with Gasteiger partial charge in [0.1, 0.15) is 10.6 Å². The molecule has 1 heterocycles. The maximum absolute atomic E-state index is 13.3. The lowest BCUT2D eigenvalue weighted by molar-refractivity contribution is -0.114. The topological polar surface area (TPSA) is 102 Å². The summed E-state index contributed by atoms with van der Waals surface area (Å²) in [6, 6.07) is 22.1. The normalized spacial score (nSPS) is 11.3. The maximum Gasteiger partial charge on any atom is 0.295 e. The van der Waals surface area contributed by atoms with Gasteiger partial charge in [-0.05, 0) is 59.3 Å². The zero-order valence-electron chi connectivity index (χ0n) is 19.0. The number of nitrogens with one attached hydrogen (secondary N) is 2. The third-order valence-electron chi connectivity index (χ3n) is 5.55. The van der Waals surface area contributed by atoms with E-state index in [2.05, 4.69) is 26.6 Å². The molecular formula is C25H23BrN4O4S. The van der Waals surface area contributed by atoms with Gasteiger partial charge in [0.15, 0.2) is 0 Å². The van der Waals surface area contributed by atoms with Gasteiger partial charge in [-0.2, -0.15) is 0 Å². The third kappa shape index (κ3) is 4.80. The van der Waals surface area contributed by atoms with Gasteiger partial charge in [0.25, 0.3) is 5.56 Å². The zero-order chi connectivity index (χ0) is 25.2. The minimum absolute atomic E-state index is 0.0290. The van der Waals surface area contributed by atoms with Crippen molar-refractivity contribution in [3.63, 3.8) is 0 Å². The molecule has 1 amide bonds. The number of hydrogen-bond donors (Lipinski definition) is 2. The summed E-state index contributed by atoms with van der Waals surface area (Å²) in [5, 5.41) is 5.57. The monoisotopic (exact) mass is 554 g/mol. The summed E-state index contributed by atoms with van der Waals surface area (Å²) in [6.45, 7) is 1.50. The van der Waals surface area contributed by atoms with E-state index in [1.54, 1.807) is 67.2 Å². The Labute approximate surface area is 211 Å². The molecule has 0 fully saturated rings. The van der Waals surface area contributed by atoms with Crippen molar-refractivity contribution in [2.24, 2.45) is 7.05 Å². The summed E-state index contributed by atoms with van der Waals surface area (Å²) in [5.41, 5.74) is 1.33. The molecule has 0 radical (unpaired) electrons. The first-order valence-electron chi connectivity index (χ1n) is 10.7. The lowest BCUT2D eigenvalue weighted by Gasteiger charge is -2.14. The lowest BCUT2D eigenvalue weighted by Crippen LogP contribution is -2.27. The van der Waals surface area contributed by atoms with Gasteiger partial charge in [0.05, 0.1) is 28.5 Å². The quantitative estimate of drug-likeness (QED) is 0.357. The summed E-state index contributed by atoms with van der Waals surface area (Å²) in [6.07, 6.45) is 0. The Morgan fingerprint density at radius 3 is 2.23 bits per heavy atom. The molecule has 4 aromatic rings. The number of carbonyl (C=O) groups is 1. The van der Waals surface area contributed by atoms with E-state index in [0.717, 1.165) is 0 Å². The first kappa shape index (κ1) is 24.5. The second-order valence-corrected chi connectivity index (χ2v) is 10.5. The maximum atomic E-state index is 13.3. The molecule has 4 rings (SSSR count). The molecule has 0 aliphatic heterocycles. The molecule has 10 heteroatoms. The van der Waals surface area contributed by atoms with Crippen molar-refractivity contribution in [2.45, 2.75) is 16.7 Å². The highest BCUT2D eigenvalue weighted by atomic mass is 79.9. The summed E-state index contributed by atoms with van der Waals surface area (Å²) >= 11 is 3.33. The molecule has 2 N–H and O–H groups in total. The number of hydrogen-bond acceptors (Lipinski definition) is 5. The zero-order valence-corrected chi connectivity index (χ0v) is 21.4. The largest absolute Gasteiger partial charge is 0.375 e. The number of amides is 1. The highest BCUT2D eigenvalue weighted by molar-refractivity contribution is 9.10. The molecule has 0 saturated carbocycles. The highest BCUT2D eigenvalue weighted by Crippen LogP contribution is 2.34. The first-order valence-corrected chi connectivity index (χ1v) is 13.0. The van der Waals surface area contributed by atoms with E-state index in [1.165, 1.54) is 16.8 Å². The minimum Gasteiger partial charge on any atom is -0.375 e. The number of nitrogens with zero attached hydrogens (tertiary/aromatic N) is 2. The molecule has 0 aliphatic rings. The van der Waals surface area contributed by atoms with E-state index >= 15 is 0 Å². The fourth-order valence-corrected chi connectivity index (χ4v) is 6.22. The predicted molar refractivity (Wildman–Crippen MR) is 139 cm³/mol. The first-order chi connectivity index (χ1) is 16.7. The van der Waals surface area contributed by atoms with E-state index in [0.29, 0.717) is 15.9 Å². The van der Waals surface area contributed by atoms with Crippen molar-refractivity contribution in [2.75, 3.05) is 17.2 Å². The SMILES string of the molecule is Cc1c(NC(=O)CNc2cccc(Br)c2S(=O)(=O)c2ccccc2)c(=O)n(-c2ccccc2)n1C. The Kier molecular flexibility index (Phi) is 6.95. The molecule has 0 saturated heterocycles. The van der Waals surface area contributed by atoms with Crippen LogP contribution in [0.1, 0.15) is 5.69 Å². The standard InChI is InChI=1S/C25H23BrN4O4S/c1-17-23(25(32)30(29(17)2)18-10-5-3-6-11-18)28-22(31)16-27-21-15-9-14-20(26)24(21)35(33,34)19-12-7-4-8-13-19/h3-15,27H,16H2,1-2H3,(H,28,31). The molecule has 180 valence electrons. The highest BCUT2D eigenvalue weighted by Gasteiger charge is 2.25. The third-order valence-corrected chi connectivity index (χ3v) is 8.34. The van der Waals surface area contributed by atoms with Crippen LogP contribution in [0.5, 0.6) is 0 Å². The summed E-state index contributed by atoms with van der Waals surface area (Å²) in [5.74, 6) is -0.487. The minimum atomic E-state index is -3.85. The molecular weight excluding hydrogens is 532 g/mol. The van der Waals surface area contributed by atoms with Gasteiger partial charge in [0, 0.05) is 11.5 Å². The van der Waals surface area contributed by atoms with Crippen LogP contribution in [-0.4, -0.2) is 30.2 Å². The average molecular weight is 555 g/mol. The van der Waals surface area contributed by atoms with Crippen molar-refractivity contribution in [3.8, 4) is 5.69 Å². The lowest BCUT2D eigenvalue weighted by atomic mass is 10.3. The van der Waals surface area contributed by atoms with E-state index in [4.69, 9.17) is 0 Å². The van der Waals surface area contributed by atoms with Crippen LogP contribution in [0.25, 0.3) is 5.69 Å². The van der Waals surface area contributed by atoms with Gasteiger partial charge >= 0.3 is 0 Å². The Morgan fingerprint density at radius 1 is 0.943 bits per heavy atom. The number of para-hydroxylation sites is 1. The van der Waals surface area contributed by atoms with Crippen LogP contribution >= 0.6 is 15.9 Å².